The number of unbranched alkanes of at least 4 members (excludes halogenated alkanes) is 32. The molecular weight excluding hydrogens is 805 g/mol. The van der Waals surface area contributed by atoms with Gasteiger partial charge in [-0.3, -0.25) is 14.4 Å². The second-order valence-corrected chi connectivity index (χ2v) is 18.8. The van der Waals surface area contributed by atoms with Crippen molar-refractivity contribution in [1.82, 2.24) is 0 Å². The summed E-state index contributed by atoms with van der Waals surface area (Å²) in [5.74, 6) is -0.913. The van der Waals surface area contributed by atoms with Crippen molar-refractivity contribution in [2.45, 2.75) is 297 Å². The van der Waals surface area contributed by atoms with Gasteiger partial charge in [0.1, 0.15) is 13.2 Å². The topological polar surface area (TPSA) is 78.9 Å². The highest BCUT2D eigenvalue weighted by atomic mass is 16.6. The molecule has 0 unspecified atom stereocenters. The molecule has 0 rings (SSSR count). The lowest BCUT2D eigenvalue weighted by Gasteiger charge is -2.18. The molecule has 0 saturated heterocycles. The molecule has 0 bridgehead atoms. The van der Waals surface area contributed by atoms with Crippen LogP contribution in [0.3, 0.4) is 0 Å². The fraction of sp³-hybridized carbons (Fsp3) is 0.814. The van der Waals surface area contributed by atoms with E-state index in [-0.39, 0.29) is 37.5 Å². The molecule has 0 fully saturated rings. The molecule has 0 aliphatic heterocycles. The fourth-order valence-corrected chi connectivity index (χ4v) is 8.14. The Bertz CT molecular complexity index is 1140. The van der Waals surface area contributed by atoms with Gasteiger partial charge in [0.2, 0.25) is 0 Å². The molecule has 6 heteroatoms. The molecule has 0 aromatic heterocycles. The third kappa shape index (κ3) is 52.2. The van der Waals surface area contributed by atoms with Crippen LogP contribution < -0.4 is 0 Å². The molecule has 1 atom stereocenters. The van der Waals surface area contributed by atoms with E-state index in [0.29, 0.717) is 19.3 Å². The molecule has 0 radical (unpaired) electrons. The van der Waals surface area contributed by atoms with Gasteiger partial charge in [0.05, 0.1) is 0 Å². The van der Waals surface area contributed by atoms with Crippen molar-refractivity contribution in [3.63, 3.8) is 0 Å². The maximum absolute atomic E-state index is 12.8. The van der Waals surface area contributed by atoms with E-state index in [1.54, 1.807) is 0 Å². The van der Waals surface area contributed by atoms with Crippen LogP contribution in [0.5, 0.6) is 0 Å². The van der Waals surface area contributed by atoms with Gasteiger partial charge in [-0.1, -0.05) is 262 Å². The van der Waals surface area contributed by atoms with Crippen LogP contribution in [0.15, 0.2) is 48.6 Å². The van der Waals surface area contributed by atoms with Gasteiger partial charge in [0.25, 0.3) is 0 Å². The predicted octanol–water partition coefficient (Wildman–Crippen LogP) is 18.7. The highest BCUT2D eigenvalue weighted by Crippen LogP contribution is 2.17. The maximum atomic E-state index is 12.8. The van der Waals surface area contributed by atoms with E-state index in [4.69, 9.17) is 14.2 Å². The number of carbonyl (C=O) groups is 3. The van der Waals surface area contributed by atoms with Crippen molar-refractivity contribution in [1.29, 1.82) is 0 Å². The summed E-state index contributed by atoms with van der Waals surface area (Å²) in [6.07, 6.45) is 65.3. The first-order valence-corrected chi connectivity index (χ1v) is 28.1. The largest absolute Gasteiger partial charge is 0.462 e. The summed E-state index contributed by atoms with van der Waals surface area (Å²) in [4.78, 5) is 38.1. The predicted molar refractivity (Wildman–Crippen MR) is 279 cm³/mol. The highest BCUT2D eigenvalue weighted by molar-refractivity contribution is 5.71. The van der Waals surface area contributed by atoms with Gasteiger partial charge in [0, 0.05) is 19.3 Å². The average molecular weight is 911 g/mol. The summed E-state index contributed by atoms with van der Waals surface area (Å²) in [7, 11) is 0. The first-order chi connectivity index (χ1) is 32.0. The average Bonchev–Trinajstić information content (AvgIpc) is 3.30. The Morgan fingerprint density at radius 3 is 0.938 bits per heavy atom. The first-order valence-electron chi connectivity index (χ1n) is 28.1. The number of ether oxygens (including phenoxy) is 3. The molecule has 0 saturated carbocycles. The number of carbonyl (C=O) groups excluding carboxylic acids is 3. The van der Waals surface area contributed by atoms with Crippen LogP contribution in [0, 0.1) is 0 Å². The van der Waals surface area contributed by atoms with E-state index in [0.717, 1.165) is 77.0 Å². The van der Waals surface area contributed by atoms with E-state index in [2.05, 4.69) is 69.4 Å². The third-order valence-corrected chi connectivity index (χ3v) is 12.3. The lowest BCUT2D eigenvalue weighted by atomic mass is 10.0. The number of esters is 3. The Balaban J connectivity index is 4.36. The second-order valence-electron chi connectivity index (χ2n) is 18.8. The minimum Gasteiger partial charge on any atom is -0.462 e. The molecule has 0 amide bonds. The van der Waals surface area contributed by atoms with Gasteiger partial charge in [-0.05, 0) is 57.8 Å². The maximum Gasteiger partial charge on any atom is 0.306 e. The molecule has 378 valence electrons. The number of allylic oxidation sites excluding steroid dienone is 8. The Labute approximate surface area is 403 Å². The van der Waals surface area contributed by atoms with E-state index in [1.165, 1.54) is 167 Å². The van der Waals surface area contributed by atoms with Gasteiger partial charge in [-0.25, -0.2) is 0 Å². The molecule has 0 aromatic rings. The highest BCUT2D eigenvalue weighted by Gasteiger charge is 2.19. The van der Waals surface area contributed by atoms with E-state index in [9.17, 15) is 14.4 Å². The van der Waals surface area contributed by atoms with Crippen LogP contribution in [0.25, 0.3) is 0 Å². The SMILES string of the molecule is CC/C=C\C/C=C\C/C=C\C/C=C\CCCCC(=O)O[C@H](COC(=O)CCCCCCCCCCCCCCC)COC(=O)CCCCCCCCCCCCCCCCCCCCC. The number of rotatable bonds is 51. The summed E-state index contributed by atoms with van der Waals surface area (Å²) in [5, 5.41) is 0. The molecule has 0 aliphatic carbocycles. The van der Waals surface area contributed by atoms with E-state index >= 15 is 0 Å². The lowest BCUT2D eigenvalue weighted by molar-refractivity contribution is -0.167. The third-order valence-electron chi connectivity index (χ3n) is 12.3. The molecule has 0 spiro atoms. The van der Waals surface area contributed by atoms with Crippen molar-refractivity contribution < 1.29 is 28.6 Å². The van der Waals surface area contributed by atoms with Crippen LogP contribution in [0.2, 0.25) is 0 Å². The van der Waals surface area contributed by atoms with Gasteiger partial charge in [0.15, 0.2) is 6.10 Å². The summed E-state index contributed by atoms with van der Waals surface area (Å²) in [5.41, 5.74) is 0. The van der Waals surface area contributed by atoms with Gasteiger partial charge >= 0.3 is 17.9 Å². The van der Waals surface area contributed by atoms with E-state index < -0.39 is 6.10 Å². The molecule has 0 aliphatic rings. The zero-order valence-corrected chi connectivity index (χ0v) is 43.3. The Hall–Kier alpha value is -2.63. The monoisotopic (exact) mass is 911 g/mol. The zero-order chi connectivity index (χ0) is 47.2. The van der Waals surface area contributed by atoms with Crippen LogP contribution >= 0.6 is 0 Å². The van der Waals surface area contributed by atoms with Gasteiger partial charge < -0.3 is 14.2 Å². The number of hydrogen-bond acceptors (Lipinski definition) is 6. The van der Waals surface area contributed by atoms with Crippen molar-refractivity contribution in [2.24, 2.45) is 0 Å². The van der Waals surface area contributed by atoms with Crippen molar-refractivity contribution >= 4 is 17.9 Å². The summed E-state index contributed by atoms with van der Waals surface area (Å²) in [6.45, 7) is 6.52. The van der Waals surface area contributed by atoms with Crippen molar-refractivity contribution in [3.8, 4) is 0 Å². The standard InChI is InChI=1S/C59H106O6/c1-4-7-10-13-16-19-22-25-27-28-29-30-32-34-37-40-43-46-49-52-58(61)64-55-56(54-63-57(60)51-48-45-42-39-36-33-24-21-18-15-12-9-6-3)65-59(62)53-50-47-44-41-38-35-31-26-23-20-17-14-11-8-5-2/h8,11,17,20,26,31,38,41,56H,4-7,9-10,12-16,18-19,21-25,27-30,32-37,39-40,42-55H2,1-3H3/b11-8-,20-17-,31-26-,41-38-/t56-/m1/s1. The minimum absolute atomic E-state index is 0.0856. The Kier molecular flexibility index (Phi) is 51.8. The quantitative estimate of drug-likeness (QED) is 0.0262. The van der Waals surface area contributed by atoms with Crippen LogP contribution in [-0.4, -0.2) is 37.2 Å². The minimum atomic E-state index is -0.790. The molecular formula is C59H106O6. The number of hydrogen-bond donors (Lipinski definition) is 0. The molecule has 65 heavy (non-hydrogen) atoms. The molecule has 6 nitrogen and oxygen atoms in total. The molecule has 0 heterocycles. The smallest absolute Gasteiger partial charge is 0.306 e. The summed E-state index contributed by atoms with van der Waals surface area (Å²) in [6, 6.07) is 0. The Morgan fingerprint density at radius 2 is 0.600 bits per heavy atom. The van der Waals surface area contributed by atoms with Gasteiger partial charge in [-0.15, -0.1) is 0 Å². The lowest BCUT2D eigenvalue weighted by Crippen LogP contribution is -2.30. The molecule has 0 aromatic carbocycles. The second kappa shape index (κ2) is 54.0. The van der Waals surface area contributed by atoms with E-state index in [1.807, 2.05) is 0 Å². The summed E-state index contributed by atoms with van der Waals surface area (Å²) < 4.78 is 16.8. The zero-order valence-electron chi connectivity index (χ0n) is 43.3. The molecule has 0 N–H and O–H groups in total. The van der Waals surface area contributed by atoms with Crippen molar-refractivity contribution in [2.75, 3.05) is 13.2 Å². The first kappa shape index (κ1) is 62.4. The van der Waals surface area contributed by atoms with Gasteiger partial charge in [-0.2, -0.15) is 0 Å². The normalized spacial score (nSPS) is 12.4. The van der Waals surface area contributed by atoms with Crippen molar-refractivity contribution in [3.05, 3.63) is 48.6 Å². The fourth-order valence-electron chi connectivity index (χ4n) is 8.14. The Morgan fingerprint density at radius 1 is 0.323 bits per heavy atom. The van der Waals surface area contributed by atoms with Crippen LogP contribution in [-0.2, 0) is 28.6 Å². The van der Waals surface area contributed by atoms with Crippen LogP contribution in [0.1, 0.15) is 290 Å². The van der Waals surface area contributed by atoms with Crippen LogP contribution in [0.4, 0.5) is 0 Å². The summed E-state index contributed by atoms with van der Waals surface area (Å²) >= 11 is 0.